The van der Waals surface area contributed by atoms with E-state index in [1.807, 2.05) is 0 Å². The summed E-state index contributed by atoms with van der Waals surface area (Å²) < 4.78 is 13.6. The first-order valence-electron chi connectivity index (χ1n) is 7.19. The van der Waals surface area contributed by atoms with Gasteiger partial charge in [-0.3, -0.25) is 14.8 Å². The van der Waals surface area contributed by atoms with E-state index in [-0.39, 0.29) is 5.82 Å². The molecule has 1 unspecified atom stereocenters. The molecule has 3 nitrogen and oxygen atoms in total. The molecule has 4 heteroatoms. The van der Waals surface area contributed by atoms with Gasteiger partial charge in [0.05, 0.1) is 5.69 Å². The highest BCUT2D eigenvalue weighted by Crippen LogP contribution is 2.18. The van der Waals surface area contributed by atoms with Crippen molar-refractivity contribution in [1.82, 2.24) is 14.8 Å². The number of piperazine rings is 1. The van der Waals surface area contributed by atoms with Crippen molar-refractivity contribution >= 4 is 0 Å². The Balaban J connectivity index is 1.99. The Bertz CT molecular complexity index is 408. The third-order valence-corrected chi connectivity index (χ3v) is 3.95. The van der Waals surface area contributed by atoms with Crippen molar-refractivity contribution in [3.8, 4) is 0 Å². The predicted octanol–water partition coefficient (Wildman–Crippen LogP) is 2.53. The van der Waals surface area contributed by atoms with Crippen LogP contribution in [0.3, 0.4) is 0 Å². The number of rotatable bonds is 4. The molecule has 106 valence electrons. The van der Waals surface area contributed by atoms with Gasteiger partial charge >= 0.3 is 0 Å². The highest BCUT2D eigenvalue weighted by atomic mass is 19.1. The fraction of sp³-hybridized carbons (Fsp3) is 0.667. The molecule has 1 saturated heterocycles. The Labute approximate surface area is 115 Å². The molecular weight excluding hydrogens is 241 g/mol. The van der Waals surface area contributed by atoms with Gasteiger partial charge in [0.25, 0.3) is 0 Å². The summed E-state index contributed by atoms with van der Waals surface area (Å²) in [6.45, 7) is 10.4. The van der Waals surface area contributed by atoms with Crippen LogP contribution in [0.15, 0.2) is 18.3 Å². The summed E-state index contributed by atoms with van der Waals surface area (Å²) in [5.41, 5.74) is 0.565. The highest BCUT2D eigenvalue weighted by Gasteiger charge is 2.27. The van der Waals surface area contributed by atoms with Crippen LogP contribution < -0.4 is 0 Å². The van der Waals surface area contributed by atoms with Crippen LogP contribution in [0.25, 0.3) is 0 Å². The molecule has 1 fully saturated rings. The second-order valence-electron chi connectivity index (χ2n) is 5.56. The fourth-order valence-electron chi connectivity index (χ4n) is 2.87. The van der Waals surface area contributed by atoms with Crippen molar-refractivity contribution in [3.63, 3.8) is 0 Å². The average Bonchev–Trinajstić information content (AvgIpc) is 2.41. The van der Waals surface area contributed by atoms with Crippen LogP contribution in [0.2, 0.25) is 0 Å². The maximum absolute atomic E-state index is 13.6. The Morgan fingerprint density at radius 1 is 1.42 bits per heavy atom. The molecule has 1 aliphatic heterocycles. The third-order valence-electron chi connectivity index (χ3n) is 3.95. The van der Waals surface area contributed by atoms with Gasteiger partial charge in [-0.1, -0.05) is 6.92 Å². The largest absolute Gasteiger partial charge is 0.295 e. The second kappa shape index (κ2) is 6.44. The predicted molar refractivity (Wildman–Crippen MR) is 75.4 cm³/mol. The lowest BCUT2D eigenvalue weighted by atomic mass is 10.1. The van der Waals surface area contributed by atoms with E-state index in [0.29, 0.717) is 24.3 Å². The summed E-state index contributed by atoms with van der Waals surface area (Å²) in [5.74, 6) is -0.193. The molecule has 0 N–H and O–H groups in total. The molecular formula is C15H24FN3. The Morgan fingerprint density at radius 3 is 2.84 bits per heavy atom. The van der Waals surface area contributed by atoms with E-state index in [9.17, 15) is 4.39 Å². The van der Waals surface area contributed by atoms with Crippen molar-refractivity contribution in [2.75, 3.05) is 19.6 Å². The van der Waals surface area contributed by atoms with Crippen LogP contribution in [0, 0.1) is 5.82 Å². The molecule has 0 radical (unpaired) electrons. The number of halogens is 1. The molecule has 1 aliphatic rings. The highest BCUT2D eigenvalue weighted by molar-refractivity contribution is 5.07. The van der Waals surface area contributed by atoms with Gasteiger partial charge < -0.3 is 0 Å². The van der Waals surface area contributed by atoms with Crippen LogP contribution in [-0.4, -0.2) is 46.5 Å². The average molecular weight is 265 g/mol. The van der Waals surface area contributed by atoms with Crippen molar-refractivity contribution in [3.05, 3.63) is 29.8 Å². The Hall–Kier alpha value is -1.00. The smallest absolute Gasteiger partial charge is 0.146 e. The van der Waals surface area contributed by atoms with E-state index in [1.165, 1.54) is 6.07 Å². The molecule has 0 saturated carbocycles. The van der Waals surface area contributed by atoms with Crippen LogP contribution in [0.4, 0.5) is 4.39 Å². The van der Waals surface area contributed by atoms with E-state index in [0.717, 1.165) is 26.1 Å². The first kappa shape index (κ1) is 14.4. The van der Waals surface area contributed by atoms with Gasteiger partial charge in [-0.05, 0) is 32.4 Å². The number of hydrogen-bond donors (Lipinski definition) is 0. The molecule has 19 heavy (non-hydrogen) atoms. The van der Waals surface area contributed by atoms with Gasteiger partial charge in [-0.2, -0.15) is 0 Å². The molecule has 0 amide bonds. The van der Waals surface area contributed by atoms with Gasteiger partial charge in [0.2, 0.25) is 0 Å². The summed E-state index contributed by atoms with van der Waals surface area (Å²) in [4.78, 5) is 9.01. The lowest BCUT2D eigenvalue weighted by molar-refractivity contribution is 0.0445. The Morgan fingerprint density at radius 2 is 2.21 bits per heavy atom. The maximum Gasteiger partial charge on any atom is 0.146 e. The van der Waals surface area contributed by atoms with Crippen molar-refractivity contribution < 1.29 is 4.39 Å². The molecule has 0 spiro atoms. The lowest BCUT2D eigenvalue weighted by Crippen LogP contribution is -2.54. The second-order valence-corrected chi connectivity index (χ2v) is 5.56. The van der Waals surface area contributed by atoms with E-state index >= 15 is 0 Å². The zero-order valence-corrected chi connectivity index (χ0v) is 12.1. The fourth-order valence-corrected chi connectivity index (χ4v) is 2.87. The van der Waals surface area contributed by atoms with Crippen molar-refractivity contribution in [2.45, 2.75) is 45.8 Å². The third kappa shape index (κ3) is 3.51. The molecule has 2 heterocycles. The molecule has 0 aliphatic carbocycles. The molecule has 2 rings (SSSR count). The number of pyridine rings is 1. The first-order chi connectivity index (χ1) is 9.11. The van der Waals surface area contributed by atoms with E-state index in [1.54, 1.807) is 12.3 Å². The molecule has 0 bridgehead atoms. The summed E-state index contributed by atoms with van der Waals surface area (Å²) in [5, 5.41) is 0. The van der Waals surface area contributed by atoms with Crippen molar-refractivity contribution in [2.24, 2.45) is 0 Å². The topological polar surface area (TPSA) is 19.4 Å². The summed E-state index contributed by atoms with van der Waals surface area (Å²) in [6, 6.07) is 4.29. The molecule has 1 atom stereocenters. The zero-order valence-electron chi connectivity index (χ0n) is 12.1. The maximum atomic E-state index is 13.6. The van der Waals surface area contributed by atoms with Crippen LogP contribution in [-0.2, 0) is 6.54 Å². The van der Waals surface area contributed by atoms with Crippen LogP contribution >= 0.6 is 0 Å². The van der Waals surface area contributed by atoms with Gasteiger partial charge in [0.1, 0.15) is 5.82 Å². The minimum Gasteiger partial charge on any atom is -0.295 e. The number of nitrogens with zero attached hydrogens (tertiary/aromatic N) is 3. The number of aromatic nitrogens is 1. The summed E-state index contributed by atoms with van der Waals surface area (Å²) in [7, 11) is 0. The van der Waals surface area contributed by atoms with Crippen molar-refractivity contribution in [1.29, 1.82) is 0 Å². The lowest BCUT2D eigenvalue weighted by Gasteiger charge is -2.43. The molecule has 0 aromatic carbocycles. The van der Waals surface area contributed by atoms with E-state index < -0.39 is 0 Å². The normalized spacial score (nSPS) is 22.1. The van der Waals surface area contributed by atoms with Crippen LogP contribution in [0.5, 0.6) is 0 Å². The van der Waals surface area contributed by atoms with E-state index in [4.69, 9.17) is 0 Å². The zero-order chi connectivity index (χ0) is 13.8. The van der Waals surface area contributed by atoms with E-state index in [2.05, 4.69) is 35.6 Å². The number of hydrogen-bond acceptors (Lipinski definition) is 3. The van der Waals surface area contributed by atoms with Gasteiger partial charge in [-0.15, -0.1) is 0 Å². The Kier molecular flexibility index (Phi) is 4.88. The van der Waals surface area contributed by atoms with Gasteiger partial charge in [0.15, 0.2) is 0 Å². The SMILES string of the molecule is CCC1CN(Cc2ncccc2F)CCN1C(C)C. The quantitative estimate of drug-likeness (QED) is 0.834. The minimum atomic E-state index is -0.193. The minimum absolute atomic E-state index is 0.193. The van der Waals surface area contributed by atoms with Gasteiger partial charge in [0, 0.05) is 44.5 Å². The van der Waals surface area contributed by atoms with Crippen LogP contribution in [0.1, 0.15) is 32.9 Å². The standard InChI is InChI=1S/C15H24FN3/c1-4-13-10-18(8-9-19(13)12(2)3)11-15-14(16)6-5-7-17-15/h5-7,12-13H,4,8-11H2,1-3H3. The van der Waals surface area contributed by atoms with Gasteiger partial charge in [-0.25, -0.2) is 4.39 Å². The summed E-state index contributed by atoms with van der Waals surface area (Å²) in [6.07, 6.45) is 2.81. The molecule has 1 aromatic heterocycles. The molecule has 1 aromatic rings. The monoisotopic (exact) mass is 265 g/mol. The summed E-state index contributed by atoms with van der Waals surface area (Å²) >= 11 is 0. The first-order valence-corrected chi connectivity index (χ1v) is 7.19.